The molecule has 0 atom stereocenters. The molecule has 30 heavy (non-hydrogen) atoms. The third-order valence-corrected chi connectivity index (χ3v) is 5.03. The fourth-order valence-electron chi connectivity index (χ4n) is 3.27. The highest BCUT2D eigenvalue weighted by molar-refractivity contribution is 5.65. The highest BCUT2D eigenvalue weighted by Gasteiger charge is 2.15. The van der Waals surface area contributed by atoms with Crippen molar-refractivity contribution in [1.82, 2.24) is 15.0 Å². The lowest BCUT2D eigenvalue weighted by Gasteiger charge is -2.19. The third-order valence-electron chi connectivity index (χ3n) is 5.03. The van der Waals surface area contributed by atoms with Gasteiger partial charge in [0.05, 0.1) is 6.54 Å². The monoisotopic (exact) mass is 391 g/mol. The van der Waals surface area contributed by atoms with E-state index in [0.29, 0.717) is 6.54 Å². The summed E-state index contributed by atoms with van der Waals surface area (Å²) in [5.74, 6) is 6.58. The summed E-state index contributed by atoms with van der Waals surface area (Å²) in [6.45, 7) is 7.30. The smallest absolute Gasteiger partial charge is 0.140 e. The Morgan fingerprint density at radius 1 is 0.767 bits per heavy atom. The molecule has 1 aromatic heterocycles. The van der Waals surface area contributed by atoms with E-state index in [1.165, 1.54) is 11.1 Å². The van der Waals surface area contributed by atoms with Gasteiger partial charge in [0, 0.05) is 11.1 Å². The first-order valence-corrected chi connectivity index (χ1v) is 10.2. The van der Waals surface area contributed by atoms with Crippen molar-refractivity contribution in [2.45, 2.75) is 32.7 Å². The van der Waals surface area contributed by atoms with E-state index in [-0.39, 0.29) is 5.41 Å². The topological polar surface area (TPSA) is 30.7 Å². The first-order chi connectivity index (χ1) is 14.5. The summed E-state index contributed by atoms with van der Waals surface area (Å²) < 4.78 is 1.89. The highest BCUT2D eigenvalue weighted by Crippen LogP contribution is 2.24. The Morgan fingerprint density at radius 2 is 1.40 bits per heavy atom. The third kappa shape index (κ3) is 4.50. The molecule has 3 heteroatoms. The van der Waals surface area contributed by atoms with Gasteiger partial charge in [0.25, 0.3) is 0 Å². The van der Waals surface area contributed by atoms with Crippen molar-refractivity contribution in [3.8, 4) is 23.1 Å². The van der Waals surface area contributed by atoms with Crippen LogP contribution in [0.3, 0.4) is 0 Å². The van der Waals surface area contributed by atoms with Crippen LogP contribution in [0.5, 0.6) is 0 Å². The van der Waals surface area contributed by atoms with Crippen LogP contribution in [0.2, 0.25) is 0 Å². The van der Waals surface area contributed by atoms with Gasteiger partial charge >= 0.3 is 0 Å². The molecule has 0 aliphatic heterocycles. The van der Waals surface area contributed by atoms with E-state index in [9.17, 15) is 0 Å². The van der Waals surface area contributed by atoms with Crippen LogP contribution < -0.4 is 0 Å². The van der Waals surface area contributed by atoms with Crippen molar-refractivity contribution in [1.29, 1.82) is 0 Å². The minimum absolute atomic E-state index is 0.137. The van der Waals surface area contributed by atoms with E-state index >= 15 is 0 Å². The Labute approximate surface area is 178 Å². The van der Waals surface area contributed by atoms with Crippen LogP contribution in [0.4, 0.5) is 0 Å². The summed E-state index contributed by atoms with van der Waals surface area (Å²) in [5, 5.41) is 8.90. The van der Waals surface area contributed by atoms with Crippen molar-refractivity contribution in [2.75, 3.05) is 0 Å². The van der Waals surface area contributed by atoms with Gasteiger partial charge in [0.15, 0.2) is 0 Å². The average Bonchev–Trinajstić information content (AvgIpc) is 3.16. The van der Waals surface area contributed by atoms with Gasteiger partial charge in [0.2, 0.25) is 0 Å². The molecule has 0 unspecified atom stereocenters. The van der Waals surface area contributed by atoms with Crippen molar-refractivity contribution in [2.24, 2.45) is 0 Å². The molecule has 1 heterocycles. The van der Waals surface area contributed by atoms with E-state index in [0.717, 1.165) is 22.5 Å². The molecule has 0 saturated carbocycles. The second-order valence-electron chi connectivity index (χ2n) is 8.37. The summed E-state index contributed by atoms with van der Waals surface area (Å²) in [5.41, 5.74) is 6.26. The van der Waals surface area contributed by atoms with E-state index in [2.05, 4.69) is 67.2 Å². The number of hydrogen-bond donors (Lipinski definition) is 0. The number of benzene rings is 3. The summed E-state index contributed by atoms with van der Waals surface area (Å²) in [7, 11) is 0. The molecular weight excluding hydrogens is 366 g/mol. The van der Waals surface area contributed by atoms with Crippen LogP contribution >= 0.6 is 0 Å². The molecule has 4 rings (SSSR count). The van der Waals surface area contributed by atoms with E-state index in [4.69, 9.17) is 0 Å². The van der Waals surface area contributed by atoms with Gasteiger partial charge in [-0.2, -0.15) is 0 Å². The van der Waals surface area contributed by atoms with Crippen LogP contribution in [0.1, 0.15) is 43.2 Å². The summed E-state index contributed by atoms with van der Waals surface area (Å²) in [6.07, 6.45) is 0. The van der Waals surface area contributed by atoms with E-state index in [1.54, 1.807) is 0 Å². The van der Waals surface area contributed by atoms with Gasteiger partial charge in [0.1, 0.15) is 11.4 Å². The lowest BCUT2D eigenvalue weighted by molar-refractivity contribution is 0.589. The Bertz CT molecular complexity index is 1170. The first-order valence-electron chi connectivity index (χ1n) is 10.2. The minimum Gasteiger partial charge on any atom is -0.232 e. The van der Waals surface area contributed by atoms with Crippen molar-refractivity contribution in [3.63, 3.8) is 0 Å². The molecule has 0 spiro atoms. The average molecular weight is 392 g/mol. The molecule has 0 aliphatic rings. The Morgan fingerprint density at radius 3 is 2.03 bits per heavy atom. The fraction of sp³-hybridized carbons (Fsp3) is 0.185. The largest absolute Gasteiger partial charge is 0.232 e. The Kier molecular flexibility index (Phi) is 5.50. The van der Waals surface area contributed by atoms with Crippen LogP contribution in [0, 0.1) is 11.8 Å². The predicted molar refractivity (Wildman–Crippen MR) is 122 cm³/mol. The zero-order chi connectivity index (χ0) is 21.0. The molecule has 0 fully saturated rings. The molecule has 148 valence electrons. The maximum atomic E-state index is 4.46. The van der Waals surface area contributed by atoms with E-state index < -0.39 is 0 Å². The first kappa shape index (κ1) is 19.7. The van der Waals surface area contributed by atoms with Crippen LogP contribution in [-0.2, 0) is 12.0 Å². The quantitative estimate of drug-likeness (QED) is 0.420. The van der Waals surface area contributed by atoms with Crippen molar-refractivity contribution in [3.05, 3.63) is 107 Å². The maximum absolute atomic E-state index is 4.46. The summed E-state index contributed by atoms with van der Waals surface area (Å²) >= 11 is 0. The molecule has 0 saturated heterocycles. The molecule has 0 bridgehead atoms. The van der Waals surface area contributed by atoms with Crippen LogP contribution in [0.15, 0.2) is 84.9 Å². The van der Waals surface area contributed by atoms with Gasteiger partial charge in [-0.25, -0.2) is 4.68 Å². The summed E-state index contributed by atoms with van der Waals surface area (Å²) in [4.78, 5) is 0. The molecule has 4 aromatic rings. The molecule has 3 aromatic carbocycles. The molecule has 3 nitrogen and oxygen atoms in total. The second kappa shape index (κ2) is 8.39. The zero-order valence-electron chi connectivity index (χ0n) is 17.6. The second-order valence-corrected chi connectivity index (χ2v) is 8.37. The van der Waals surface area contributed by atoms with Gasteiger partial charge in [-0.15, -0.1) is 5.10 Å². The lowest BCUT2D eigenvalue weighted by atomic mass is 9.87. The molecule has 0 aliphatic carbocycles. The molecule has 0 N–H and O–H groups in total. The molecular formula is C27H25N3. The SMILES string of the molecule is CC(C)(C)c1ccc(Cn2nnc(-c3ccccc3)c2C#Cc2ccccc2)cc1. The highest BCUT2D eigenvalue weighted by atomic mass is 15.4. The Hall–Kier alpha value is -3.64. The standard InChI is InChI=1S/C27H25N3/c1-27(2,3)24-17-14-22(15-18-24)20-30-25(19-16-21-10-6-4-7-11-21)26(28-29-30)23-12-8-5-9-13-23/h4-15,17-18H,20H2,1-3H3. The van der Waals surface area contributed by atoms with Crippen LogP contribution in [-0.4, -0.2) is 15.0 Å². The zero-order valence-corrected chi connectivity index (χ0v) is 17.6. The number of aromatic nitrogens is 3. The van der Waals surface area contributed by atoms with Crippen molar-refractivity contribution < 1.29 is 0 Å². The predicted octanol–water partition coefficient (Wildman–Crippen LogP) is 5.69. The number of rotatable bonds is 3. The molecule has 0 radical (unpaired) electrons. The van der Waals surface area contributed by atoms with Crippen LogP contribution in [0.25, 0.3) is 11.3 Å². The normalized spacial score (nSPS) is 11.0. The molecule has 0 amide bonds. The minimum atomic E-state index is 0.137. The Balaban J connectivity index is 1.71. The van der Waals surface area contributed by atoms with Gasteiger partial charge in [-0.05, 0) is 34.6 Å². The lowest BCUT2D eigenvalue weighted by Crippen LogP contribution is -2.11. The van der Waals surface area contributed by atoms with Gasteiger partial charge in [-0.1, -0.05) is 105 Å². The van der Waals surface area contributed by atoms with Gasteiger partial charge in [-0.3, -0.25) is 0 Å². The van der Waals surface area contributed by atoms with Gasteiger partial charge < -0.3 is 0 Å². The number of nitrogens with zero attached hydrogens (tertiary/aromatic N) is 3. The number of hydrogen-bond acceptors (Lipinski definition) is 2. The van der Waals surface area contributed by atoms with Crippen molar-refractivity contribution >= 4 is 0 Å². The maximum Gasteiger partial charge on any atom is 0.140 e. The summed E-state index contributed by atoms with van der Waals surface area (Å²) in [6, 6.07) is 28.8. The van der Waals surface area contributed by atoms with E-state index in [1.807, 2.05) is 65.3 Å². The fourth-order valence-corrected chi connectivity index (χ4v) is 3.27.